The molecule has 1 atom stereocenters. The van der Waals surface area contributed by atoms with Gasteiger partial charge in [-0.1, -0.05) is 0 Å². The molecular formula is C24H35FeNSe+2. The van der Waals surface area contributed by atoms with Crippen molar-refractivity contribution in [2.45, 2.75) is 51.9 Å². The van der Waals surface area contributed by atoms with E-state index in [1.54, 1.807) is 4.82 Å². The van der Waals surface area contributed by atoms with Gasteiger partial charge in [0, 0.05) is 0 Å². The van der Waals surface area contributed by atoms with Crippen molar-refractivity contribution < 1.29 is 17.1 Å². The normalized spacial score (nSPS) is 19.4. The van der Waals surface area contributed by atoms with Crippen molar-refractivity contribution in [2.75, 3.05) is 14.1 Å². The molecule has 2 aliphatic rings. The fourth-order valence-electron chi connectivity index (χ4n) is 2.46. The number of nitrogens with zero attached hydrogens (tertiary/aromatic N) is 1. The van der Waals surface area contributed by atoms with E-state index in [-0.39, 0.29) is 17.1 Å². The third-order valence-electron chi connectivity index (χ3n) is 4.35. The van der Waals surface area contributed by atoms with Gasteiger partial charge in [0.2, 0.25) is 0 Å². The second-order valence-corrected chi connectivity index (χ2v) is 9.36. The number of rotatable bonds is 8. The third-order valence-corrected chi connectivity index (χ3v) is 6.48. The van der Waals surface area contributed by atoms with Crippen LogP contribution in [0, 0.1) is 62.1 Å². The van der Waals surface area contributed by atoms with E-state index >= 15 is 0 Å². The van der Waals surface area contributed by atoms with E-state index in [0.29, 0.717) is 21.0 Å². The second kappa shape index (κ2) is 16.3. The van der Waals surface area contributed by atoms with Gasteiger partial charge in [-0.25, -0.2) is 0 Å². The van der Waals surface area contributed by atoms with Crippen molar-refractivity contribution in [1.82, 2.24) is 4.90 Å². The summed E-state index contributed by atoms with van der Waals surface area (Å²) in [5, 5.41) is 1.21. The van der Waals surface area contributed by atoms with Gasteiger partial charge in [-0.05, 0) is 32.1 Å². The van der Waals surface area contributed by atoms with Crippen molar-refractivity contribution in [3.8, 4) is 0 Å². The van der Waals surface area contributed by atoms with Gasteiger partial charge in [-0.15, -0.1) is 0 Å². The zero-order chi connectivity index (χ0) is 19.4. The number of allylic oxidation sites excluding steroid dienone is 4. The minimum Gasteiger partial charge on any atom is -0.0312 e. The van der Waals surface area contributed by atoms with Crippen LogP contribution in [0.5, 0.6) is 0 Å². The Morgan fingerprint density at radius 1 is 0.963 bits per heavy atom. The Bertz CT molecular complexity index is 414. The Morgan fingerprint density at radius 2 is 1.56 bits per heavy atom. The topological polar surface area (TPSA) is 3.24 Å². The fourth-order valence-corrected chi connectivity index (χ4v) is 4.82. The summed E-state index contributed by atoms with van der Waals surface area (Å²) in [5.41, 5.74) is 2.95. The van der Waals surface area contributed by atoms with E-state index in [2.05, 4.69) is 78.1 Å². The molecule has 2 fully saturated rings. The average Bonchev–Trinajstić information content (AvgIpc) is 3.28. The van der Waals surface area contributed by atoms with Crippen LogP contribution in [0.25, 0.3) is 0 Å². The van der Waals surface area contributed by atoms with Gasteiger partial charge in [-0.3, -0.25) is 0 Å². The summed E-state index contributed by atoms with van der Waals surface area (Å²) >= 11 is 0.556. The van der Waals surface area contributed by atoms with Gasteiger partial charge in [0.25, 0.3) is 0 Å². The SMILES string of the molecule is CC(C)=CCC/C(C)=C/C[Se][C]1[CH][CH][CH][C]1[C@@H](C)N(C)C.[CH]1[CH][CH][CH][CH]1.[Fe+2]. The van der Waals surface area contributed by atoms with Crippen molar-refractivity contribution in [3.63, 3.8) is 0 Å². The molecule has 0 saturated heterocycles. The van der Waals surface area contributed by atoms with Crippen LogP contribution in [0.1, 0.15) is 40.5 Å². The first kappa shape index (κ1) is 27.5. The van der Waals surface area contributed by atoms with Crippen LogP contribution in [-0.2, 0) is 17.1 Å². The molecule has 2 aliphatic carbocycles. The Labute approximate surface area is 187 Å². The molecule has 0 amide bonds. The van der Waals surface area contributed by atoms with Crippen molar-refractivity contribution in [3.05, 3.63) is 85.4 Å². The Balaban J connectivity index is 0.000000969. The van der Waals surface area contributed by atoms with Crippen LogP contribution < -0.4 is 0 Å². The van der Waals surface area contributed by atoms with Gasteiger partial charge >= 0.3 is 156 Å². The predicted molar refractivity (Wildman–Crippen MR) is 117 cm³/mol. The summed E-state index contributed by atoms with van der Waals surface area (Å²) in [6.45, 7) is 8.90. The zero-order valence-electron chi connectivity index (χ0n) is 17.7. The minimum atomic E-state index is 0. The molecule has 10 radical (unpaired) electrons. The van der Waals surface area contributed by atoms with E-state index in [9.17, 15) is 0 Å². The maximum absolute atomic E-state index is 2.44. The second-order valence-electron chi connectivity index (χ2n) is 7.13. The van der Waals surface area contributed by atoms with Gasteiger partial charge in [-0.2, -0.15) is 0 Å². The average molecular weight is 472 g/mol. The van der Waals surface area contributed by atoms with Gasteiger partial charge in [0.1, 0.15) is 0 Å². The molecule has 27 heavy (non-hydrogen) atoms. The maximum atomic E-state index is 2.44. The van der Waals surface area contributed by atoms with Crippen LogP contribution >= 0.6 is 0 Å². The molecule has 3 heteroatoms. The van der Waals surface area contributed by atoms with Crippen LogP contribution in [0.3, 0.4) is 0 Å². The Kier molecular flexibility index (Phi) is 16.6. The van der Waals surface area contributed by atoms with E-state index in [4.69, 9.17) is 0 Å². The summed E-state index contributed by atoms with van der Waals surface area (Å²) in [4.78, 5) is 3.85. The Hall–Kier alpha value is 0.479. The molecule has 0 spiro atoms. The fraction of sp³-hybridized carbons (Fsp3) is 0.417. The summed E-state index contributed by atoms with van der Waals surface area (Å²) in [6.07, 6.45) is 23.9. The van der Waals surface area contributed by atoms with Crippen molar-refractivity contribution in [1.29, 1.82) is 0 Å². The maximum Gasteiger partial charge on any atom is 2.00 e. The minimum absolute atomic E-state index is 0. The molecule has 148 valence electrons. The molecule has 0 aliphatic heterocycles. The largest absolute Gasteiger partial charge is 2.00 e. The molecule has 2 saturated carbocycles. The van der Waals surface area contributed by atoms with Crippen molar-refractivity contribution >= 4 is 15.0 Å². The standard InChI is InChI=1S/C19H30NSe.C5H5.Fe/c1-15(2)9-7-10-16(3)13-14-21-19-12-8-11-18(19)17(4)20(5)6;1-2-4-5-3-1;/h8-9,11-13,17H,7,10,14H2,1-6H3;1-5H;/q;;+2/b16-13+;;/t17-;;/m1../s1. The monoisotopic (exact) mass is 473 g/mol. The van der Waals surface area contributed by atoms with Gasteiger partial charge in [0.05, 0.1) is 0 Å². The van der Waals surface area contributed by atoms with Crippen LogP contribution in [0.15, 0.2) is 23.3 Å². The molecule has 1 nitrogen and oxygen atoms in total. The van der Waals surface area contributed by atoms with E-state index in [1.807, 2.05) is 32.1 Å². The molecule has 0 N–H and O–H groups in total. The molecule has 2 rings (SSSR count). The van der Waals surface area contributed by atoms with Gasteiger partial charge in [0.15, 0.2) is 0 Å². The molecule has 0 aromatic carbocycles. The van der Waals surface area contributed by atoms with Crippen LogP contribution in [0.2, 0.25) is 5.32 Å². The first-order valence-electron chi connectivity index (χ1n) is 9.42. The van der Waals surface area contributed by atoms with Crippen LogP contribution in [0.4, 0.5) is 0 Å². The third kappa shape index (κ3) is 12.6. The quantitative estimate of drug-likeness (QED) is 0.333. The molecule has 0 unspecified atom stereocenters. The van der Waals surface area contributed by atoms with E-state index in [1.165, 1.54) is 35.2 Å². The first-order valence-corrected chi connectivity index (χ1v) is 11.5. The summed E-state index contributed by atoms with van der Waals surface area (Å²) in [5.74, 6) is 1.51. The molecule has 0 aromatic heterocycles. The molecule has 0 heterocycles. The smallest absolute Gasteiger partial charge is 0.0312 e. The van der Waals surface area contributed by atoms with E-state index < -0.39 is 0 Å². The van der Waals surface area contributed by atoms with E-state index in [0.717, 1.165) is 0 Å². The number of hydrogen-bond donors (Lipinski definition) is 0. The predicted octanol–water partition coefficient (Wildman–Crippen LogP) is 5.50. The summed E-state index contributed by atoms with van der Waals surface area (Å²) in [6, 6.07) is 0.514. The van der Waals surface area contributed by atoms with Crippen LogP contribution in [-0.4, -0.2) is 40.0 Å². The first-order chi connectivity index (χ1) is 12.4. The summed E-state index contributed by atoms with van der Waals surface area (Å²) in [7, 11) is 4.31. The summed E-state index contributed by atoms with van der Waals surface area (Å²) < 4.78 is 0. The Morgan fingerprint density at radius 3 is 2.07 bits per heavy atom. The molecular weight excluding hydrogens is 437 g/mol. The zero-order valence-corrected chi connectivity index (χ0v) is 20.5. The van der Waals surface area contributed by atoms with Crippen molar-refractivity contribution in [2.24, 2.45) is 0 Å². The molecule has 0 bridgehead atoms. The van der Waals surface area contributed by atoms with Gasteiger partial charge < -0.3 is 0 Å². The molecule has 0 aromatic rings. The number of hydrogen-bond acceptors (Lipinski definition) is 1.